The van der Waals surface area contributed by atoms with Crippen LogP contribution in [0.15, 0.2) is 48.5 Å². The fraction of sp³-hybridized carbons (Fsp3) is 0.278. The van der Waals surface area contributed by atoms with Crippen molar-refractivity contribution in [2.24, 2.45) is 11.7 Å². The molecule has 0 saturated heterocycles. The highest BCUT2D eigenvalue weighted by Crippen LogP contribution is 2.25. The molecular weight excluding hydrogens is 296 g/mol. The molecule has 0 heterocycles. The molecule has 1 amide bonds. The van der Waals surface area contributed by atoms with E-state index in [0.717, 1.165) is 16.7 Å². The highest BCUT2D eigenvalue weighted by Gasteiger charge is 2.17. The van der Waals surface area contributed by atoms with E-state index >= 15 is 0 Å². The van der Waals surface area contributed by atoms with Crippen LogP contribution in [0.5, 0.6) is 0 Å². The summed E-state index contributed by atoms with van der Waals surface area (Å²) in [6, 6.07) is 15.2. The van der Waals surface area contributed by atoms with Crippen molar-refractivity contribution in [1.29, 1.82) is 0 Å². The van der Waals surface area contributed by atoms with E-state index in [1.54, 1.807) is 0 Å². The molecular formula is C18H21ClN2O. The Bertz CT molecular complexity index is 638. The molecule has 1 atom stereocenters. The van der Waals surface area contributed by atoms with Crippen molar-refractivity contribution in [2.75, 3.05) is 0 Å². The Labute approximate surface area is 136 Å². The predicted molar refractivity (Wildman–Crippen MR) is 91.5 cm³/mol. The molecule has 0 aliphatic rings. The fourth-order valence-corrected chi connectivity index (χ4v) is 2.31. The number of halogens is 1. The Morgan fingerprint density at radius 2 is 1.77 bits per heavy atom. The summed E-state index contributed by atoms with van der Waals surface area (Å²) in [7, 11) is 0. The largest absolute Gasteiger partial charge is 0.351 e. The van der Waals surface area contributed by atoms with Gasteiger partial charge in [0.1, 0.15) is 0 Å². The summed E-state index contributed by atoms with van der Waals surface area (Å²) in [6.07, 6.45) is 0. The van der Waals surface area contributed by atoms with Crippen LogP contribution in [0.25, 0.3) is 11.1 Å². The minimum Gasteiger partial charge on any atom is -0.351 e. The summed E-state index contributed by atoms with van der Waals surface area (Å²) < 4.78 is 0. The van der Waals surface area contributed by atoms with E-state index < -0.39 is 6.04 Å². The zero-order chi connectivity index (χ0) is 16.1. The van der Waals surface area contributed by atoms with Gasteiger partial charge in [0.2, 0.25) is 5.91 Å². The summed E-state index contributed by atoms with van der Waals surface area (Å²) in [4.78, 5) is 12.0. The average Bonchev–Trinajstić information content (AvgIpc) is 2.53. The molecule has 0 aromatic heterocycles. The number of hydrogen-bond acceptors (Lipinski definition) is 2. The smallest absolute Gasteiger partial charge is 0.237 e. The topological polar surface area (TPSA) is 55.1 Å². The van der Waals surface area contributed by atoms with Crippen molar-refractivity contribution in [3.63, 3.8) is 0 Å². The highest BCUT2D eigenvalue weighted by atomic mass is 35.5. The maximum Gasteiger partial charge on any atom is 0.237 e. The Morgan fingerprint density at radius 3 is 2.41 bits per heavy atom. The quantitative estimate of drug-likeness (QED) is 0.885. The molecule has 0 unspecified atom stereocenters. The van der Waals surface area contributed by atoms with E-state index in [1.165, 1.54) is 0 Å². The third-order valence-corrected chi connectivity index (χ3v) is 3.90. The Balaban J connectivity index is 2.15. The standard InChI is InChI=1S/C18H21ClN2O/c1-12(2)17(20)18(22)21-11-14-5-3-4-6-16(14)13-7-9-15(19)10-8-13/h3-10,12,17H,11,20H2,1-2H3,(H,21,22)/t17-/m0/s1. The van der Waals surface area contributed by atoms with Gasteiger partial charge in [-0.3, -0.25) is 4.79 Å². The van der Waals surface area contributed by atoms with E-state index in [4.69, 9.17) is 17.3 Å². The number of nitrogens with one attached hydrogen (secondary N) is 1. The third-order valence-electron chi connectivity index (χ3n) is 3.65. The molecule has 3 nitrogen and oxygen atoms in total. The van der Waals surface area contributed by atoms with Gasteiger partial charge in [0.25, 0.3) is 0 Å². The first-order chi connectivity index (χ1) is 10.5. The lowest BCUT2D eigenvalue weighted by molar-refractivity contribution is -0.123. The summed E-state index contributed by atoms with van der Waals surface area (Å²) >= 11 is 5.94. The first-order valence-corrected chi connectivity index (χ1v) is 7.74. The van der Waals surface area contributed by atoms with Crippen LogP contribution < -0.4 is 11.1 Å². The maximum absolute atomic E-state index is 12.0. The van der Waals surface area contributed by atoms with Gasteiger partial charge in [-0.2, -0.15) is 0 Å². The Morgan fingerprint density at radius 1 is 1.14 bits per heavy atom. The molecule has 0 radical (unpaired) electrons. The summed E-state index contributed by atoms with van der Waals surface area (Å²) in [5, 5.41) is 3.62. The van der Waals surface area contributed by atoms with Crippen molar-refractivity contribution in [3.05, 3.63) is 59.1 Å². The fourth-order valence-electron chi connectivity index (χ4n) is 2.19. The number of benzene rings is 2. The van der Waals surface area contributed by atoms with Crippen molar-refractivity contribution in [2.45, 2.75) is 26.4 Å². The second kappa shape index (κ2) is 7.43. The van der Waals surface area contributed by atoms with Gasteiger partial charge < -0.3 is 11.1 Å². The molecule has 0 spiro atoms. The SMILES string of the molecule is CC(C)[C@H](N)C(=O)NCc1ccccc1-c1ccc(Cl)cc1. The Kier molecular flexibility index (Phi) is 5.58. The van der Waals surface area contributed by atoms with Gasteiger partial charge in [0.15, 0.2) is 0 Å². The lowest BCUT2D eigenvalue weighted by Gasteiger charge is -2.16. The summed E-state index contributed by atoms with van der Waals surface area (Å²) in [5.74, 6) is -0.00702. The van der Waals surface area contributed by atoms with Gasteiger partial charge >= 0.3 is 0 Å². The normalized spacial score (nSPS) is 12.2. The third kappa shape index (κ3) is 4.09. The van der Waals surface area contributed by atoms with Gasteiger partial charge in [0.05, 0.1) is 6.04 Å². The summed E-state index contributed by atoms with van der Waals surface area (Å²) in [5.41, 5.74) is 9.07. The summed E-state index contributed by atoms with van der Waals surface area (Å²) in [6.45, 7) is 4.33. The van der Waals surface area contributed by atoms with Crippen LogP contribution in [0.2, 0.25) is 5.02 Å². The lowest BCUT2D eigenvalue weighted by atomic mass is 9.99. The minimum absolute atomic E-state index is 0.117. The van der Waals surface area contributed by atoms with Crippen LogP contribution >= 0.6 is 11.6 Å². The lowest BCUT2D eigenvalue weighted by Crippen LogP contribution is -2.43. The van der Waals surface area contributed by atoms with E-state index in [2.05, 4.69) is 5.32 Å². The maximum atomic E-state index is 12.0. The molecule has 116 valence electrons. The minimum atomic E-state index is -0.484. The van der Waals surface area contributed by atoms with Crippen molar-refractivity contribution < 1.29 is 4.79 Å². The molecule has 0 aliphatic heterocycles. The molecule has 0 aliphatic carbocycles. The van der Waals surface area contributed by atoms with Crippen LogP contribution in [0.3, 0.4) is 0 Å². The molecule has 2 rings (SSSR count). The number of amides is 1. The van der Waals surface area contributed by atoms with Gasteiger partial charge in [-0.1, -0.05) is 61.8 Å². The van der Waals surface area contributed by atoms with Crippen LogP contribution in [0.4, 0.5) is 0 Å². The van der Waals surface area contributed by atoms with E-state index in [9.17, 15) is 4.79 Å². The van der Waals surface area contributed by atoms with Gasteiger partial charge in [0, 0.05) is 11.6 Å². The first-order valence-electron chi connectivity index (χ1n) is 7.36. The van der Waals surface area contributed by atoms with E-state index in [-0.39, 0.29) is 11.8 Å². The molecule has 0 saturated carbocycles. The number of nitrogens with two attached hydrogens (primary N) is 1. The number of carbonyl (C=O) groups is 1. The van der Waals surface area contributed by atoms with E-state index in [0.29, 0.717) is 11.6 Å². The number of carbonyl (C=O) groups excluding carboxylic acids is 1. The molecule has 22 heavy (non-hydrogen) atoms. The molecule has 0 bridgehead atoms. The Hall–Kier alpha value is -1.84. The van der Waals surface area contributed by atoms with Gasteiger partial charge in [-0.15, -0.1) is 0 Å². The predicted octanol–water partition coefficient (Wildman–Crippen LogP) is 3.61. The second-order valence-electron chi connectivity index (χ2n) is 5.65. The van der Waals surface area contributed by atoms with Crippen LogP contribution in [-0.2, 0) is 11.3 Å². The highest BCUT2D eigenvalue weighted by molar-refractivity contribution is 6.30. The van der Waals surface area contributed by atoms with Crippen molar-refractivity contribution in [3.8, 4) is 11.1 Å². The molecule has 2 aromatic rings. The monoisotopic (exact) mass is 316 g/mol. The van der Waals surface area contributed by atoms with Gasteiger partial charge in [-0.25, -0.2) is 0 Å². The first kappa shape index (κ1) is 16.5. The van der Waals surface area contributed by atoms with E-state index in [1.807, 2.05) is 62.4 Å². The van der Waals surface area contributed by atoms with Crippen LogP contribution in [0, 0.1) is 5.92 Å². The van der Waals surface area contributed by atoms with Crippen molar-refractivity contribution >= 4 is 17.5 Å². The molecule has 2 aromatic carbocycles. The van der Waals surface area contributed by atoms with Gasteiger partial charge in [-0.05, 0) is 34.7 Å². The molecule has 3 N–H and O–H groups in total. The molecule has 4 heteroatoms. The average molecular weight is 317 g/mol. The van der Waals surface area contributed by atoms with Crippen LogP contribution in [0.1, 0.15) is 19.4 Å². The number of hydrogen-bond donors (Lipinski definition) is 2. The zero-order valence-corrected chi connectivity index (χ0v) is 13.6. The molecule has 0 fully saturated rings. The van der Waals surface area contributed by atoms with Crippen LogP contribution in [-0.4, -0.2) is 11.9 Å². The zero-order valence-electron chi connectivity index (χ0n) is 12.8. The number of rotatable bonds is 5. The second-order valence-corrected chi connectivity index (χ2v) is 6.09. The van der Waals surface area contributed by atoms with Crippen molar-refractivity contribution in [1.82, 2.24) is 5.32 Å².